The van der Waals surface area contributed by atoms with Gasteiger partial charge in [0.15, 0.2) is 0 Å². The molecule has 0 amide bonds. The van der Waals surface area contributed by atoms with Crippen molar-refractivity contribution in [2.45, 2.75) is 11.0 Å². The lowest BCUT2D eigenvalue weighted by molar-refractivity contribution is 0.107. The molecule has 0 saturated carbocycles. The number of aliphatic hydroxyl groups excluding tert-OH is 1. The van der Waals surface area contributed by atoms with Crippen molar-refractivity contribution in [3.05, 3.63) is 59.1 Å². The summed E-state index contributed by atoms with van der Waals surface area (Å²) in [5.74, 6) is 1.75. The number of aliphatic hydroxyl groups is 1. The van der Waals surface area contributed by atoms with Gasteiger partial charge in [0.25, 0.3) is 0 Å². The number of ether oxygens (including phenoxy) is 1. The van der Waals surface area contributed by atoms with E-state index in [9.17, 15) is 5.11 Å². The minimum absolute atomic E-state index is 0.302. The summed E-state index contributed by atoms with van der Waals surface area (Å²) in [4.78, 5) is 1.25. The molecule has 0 aliphatic rings. The van der Waals surface area contributed by atoms with Crippen LogP contribution in [-0.2, 0) is 0 Å². The summed E-state index contributed by atoms with van der Waals surface area (Å²) < 4.78 is 6.60. The molecule has 3 nitrogen and oxygen atoms in total. The van der Waals surface area contributed by atoms with Gasteiger partial charge in [0, 0.05) is 28.2 Å². The Labute approximate surface area is 144 Å². The number of rotatable bonds is 9. The second-order valence-corrected chi connectivity index (χ2v) is 6.87. The van der Waals surface area contributed by atoms with Gasteiger partial charge in [-0.3, -0.25) is 0 Å². The van der Waals surface area contributed by atoms with Gasteiger partial charge in [-0.1, -0.05) is 34.1 Å². The van der Waals surface area contributed by atoms with Crippen LogP contribution in [0.5, 0.6) is 5.75 Å². The number of nitrogens with one attached hydrogen (secondary N) is 1. The van der Waals surface area contributed by atoms with Crippen LogP contribution in [0, 0.1) is 0 Å². The van der Waals surface area contributed by atoms with Crippen molar-refractivity contribution in [3.63, 3.8) is 0 Å². The summed E-state index contributed by atoms with van der Waals surface area (Å²) in [6.45, 7) is 1.69. The van der Waals surface area contributed by atoms with Gasteiger partial charge in [-0.05, 0) is 36.4 Å². The highest BCUT2D eigenvalue weighted by Crippen LogP contribution is 2.19. The lowest BCUT2D eigenvalue weighted by Gasteiger charge is -2.13. The van der Waals surface area contributed by atoms with E-state index in [1.165, 1.54) is 4.90 Å². The van der Waals surface area contributed by atoms with Crippen LogP contribution in [-0.4, -0.2) is 36.7 Å². The molecule has 0 radical (unpaired) electrons. The zero-order valence-electron chi connectivity index (χ0n) is 12.2. The second-order valence-electron chi connectivity index (χ2n) is 4.78. The lowest BCUT2D eigenvalue weighted by Crippen LogP contribution is -2.32. The van der Waals surface area contributed by atoms with Gasteiger partial charge in [0.05, 0.1) is 0 Å². The molecule has 0 saturated heterocycles. The van der Waals surface area contributed by atoms with Crippen molar-refractivity contribution >= 4 is 27.7 Å². The van der Waals surface area contributed by atoms with Gasteiger partial charge >= 0.3 is 0 Å². The monoisotopic (exact) mass is 381 g/mol. The average molecular weight is 382 g/mol. The van der Waals surface area contributed by atoms with E-state index in [0.717, 1.165) is 22.5 Å². The van der Waals surface area contributed by atoms with Crippen LogP contribution < -0.4 is 10.1 Å². The fourth-order valence-corrected chi connectivity index (χ4v) is 2.88. The summed E-state index contributed by atoms with van der Waals surface area (Å²) >= 11 is 5.22. The smallest absolute Gasteiger partial charge is 0.119 e. The molecule has 0 aliphatic heterocycles. The van der Waals surface area contributed by atoms with E-state index in [4.69, 9.17) is 4.74 Å². The van der Waals surface area contributed by atoms with Crippen LogP contribution in [0.4, 0.5) is 0 Å². The van der Waals surface area contributed by atoms with E-state index in [0.29, 0.717) is 13.2 Å². The number of hydrogen-bond donors (Lipinski definition) is 2. The van der Waals surface area contributed by atoms with Crippen LogP contribution in [0.25, 0.3) is 0 Å². The molecule has 2 aromatic carbocycles. The molecule has 118 valence electrons. The molecular weight excluding hydrogens is 362 g/mol. The van der Waals surface area contributed by atoms with Crippen LogP contribution >= 0.6 is 27.7 Å². The fraction of sp³-hybridized carbons (Fsp3) is 0.294. The summed E-state index contributed by atoms with van der Waals surface area (Å²) in [6.07, 6.45) is -0.502. The Kier molecular flexibility index (Phi) is 7.80. The van der Waals surface area contributed by atoms with E-state index in [-0.39, 0.29) is 0 Å². The van der Waals surface area contributed by atoms with Gasteiger partial charge in [-0.15, -0.1) is 11.8 Å². The van der Waals surface area contributed by atoms with Crippen LogP contribution in [0.2, 0.25) is 0 Å². The molecule has 0 aliphatic carbocycles. The number of thioether (sulfide) groups is 1. The van der Waals surface area contributed by atoms with Gasteiger partial charge < -0.3 is 15.2 Å². The van der Waals surface area contributed by atoms with E-state index in [2.05, 4.69) is 33.4 Å². The molecule has 22 heavy (non-hydrogen) atoms. The molecular formula is C17H20BrNO2S. The second kappa shape index (κ2) is 9.90. The Morgan fingerprint density at radius 1 is 1.09 bits per heavy atom. The molecule has 0 spiro atoms. The third-order valence-electron chi connectivity index (χ3n) is 2.93. The highest BCUT2D eigenvalue weighted by atomic mass is 79.9. The molecule has 0 bridgehead atoms. The molecule has 0 aromatic heterocycles. The first-order valence-electron chi connectivity index (χ1n) is 7.19. The Morgan fingerprint density at radius 3 is 2.55 bits per heavy atom. The maximum Gasteiger partial charge on any atom is 0.119 e. The Balaban J connectivity index is 1.53. The van der Waals surface area contributed by atoms with Gasteiger partial charge in [-0.25, -0.2) is 0 Å². The number of benzene rings is 2. The van der Waals surface area contributed by atoms with Gasteiger partial charge in [0.1, 0.15) is 18.5 Å². The predicted octanol–water partition coefficient (Wildman–Crippen LogP) is 3.57. The van der Waals surface area contributed by atoms with Crippen LogP contribution in [0.15, 0.2) is 64.0 Å². The van der Waals surface area contributed by atoms with E-state index in [1.54, 1.807) is 11.8 Å². The van der Waals surface area contributed by atoms with Crippen molar-refractivity contribution in [2.75, 3.05) is 25.4 Å². The maximum absolute atomic E-state index is 9.86. The molecule has 0 heterocycles. The lowest BCUT2D eigenvalue weighted by atomic mass is 10.3. The molecule has 0 unspecified atom stereocenters. The first kappa shape index (κ1) is 17.3. The van der Waals surface area contributed by atoms with Crippen molar-refractivity contribution < 1.29 is 9.84 Å². The summed E-state index contributed by atoms with van der Waals surface area (Å²) in [5.41, 5.74) is 0. The summed E-state index contributed by atoms with van der Waals surface area (Å²) in [7, 11) is 0. The Bertz CT molecular complexity index is 536. The van der Waals surface area contributed by atoms with Crippen molar-refractivity contribution in [1.82, 2.24) is 5.32 Å². The number of hydrogen-bond acceptors (Lipinski definition) is 4. The first-order chi connectivity index (χ1) is 10.7. The zero-order chi connectivity index (χ0) is 15.6. The highest BCUT2D eigenvalue weighted by Gasteiger charge is 2.04. The van der Waals surface area contributed by atoms with Crippen molar-refractivity contribution in [3.8, 4) is 5.75 Å². The highest BCUT2D eigenvalue weighted by molar-refractivity contribution is 9.10. The molecule has 2 aromatic rings. The topological polar surface area (TPSA) is 41.5 Å². The average Bonchev–Trinajstić information content (AvgIpc) is 2.55. The standard InChI is InChI=1S/C17H20BrNO2S/c18-14-6-8-17(9-7-14)22-11-10-19-12-15(20)13-21-16-4-2-1-3-5-16/h1-9,15,19-20H,10-13H2/t15-/m0/s1. The molecule has 2 N–H and O–H groups in total. The predicted molar refractivity (Wildman–Crippen MR) is 95.7 cm³/mol. The molecule has 2 rings (SSSR count). The number of halogens is 1. The Morgan fingerprint density at radius 2 is 1.82 bits per heavy atom. The normalized spacial score (nSPS) is 12.1. The first-order valence-corrected chi connectivity index (χ1v) is 8.97. The third kappa shape index (κ3) is 6.83. The largest absolute Gasteiger partial charge is 0.491 e. The maximum atomic E-state index is 9.86. The van der Waals surface area contributed by atoms with Crippen LogP contribution in [0.3, 0.4) is 0 Å². The van der Waals surface area contributed by atoms with Crippen molar-refractivity contribution in [1.29, 1.82) is 0 Å². The van der Waals surface area contributed by atoms with E-state index in [1.807, 2.05) is 42.5 Å². The molecule has 1 atom stereocenters. The van der Waals surface area contributed by atoms with Gasteiger partial charge in [-0.2, -0.15) is 0 Å². The van der Waals surface area contributed by atoms with Crippen molar-refractivity contribution in [2.24, 2.45) is 0 Å². The van der Waals surface area contributed by atoms with E-state index >= 15 is 0 Å². The van der Waals surface area contributed by atoms with Gasteiger partial charge in [0.2, 0.25) is 0 Å². The minimum atomic E-state index is -0.502. The number of para-hydroxylation sites is 1. The minimum Gasteiger partial charge on any atom is -0.491 e. The SMILES string of the molecule is O[C@@H](CNCCSc1ccc(Br)cc1)COc1ccccc1. The summed E-state index contributed by atoms with van der Waals surface area (Å²) in [6, 6.07) is 17.8. The third-order valence-corrected chi connectivity index (χ3v) is 4.47. The molecule has 0 fully saturated rings. The van der Waals surface area contributed by atoms with Crippen LogP contribution in [0.1, 0.15) is 0 Å². The quantitative estimate of drug-likeness (QED) is 0.514. The van der Waals surface area contributed by atoms with E-state index < -0.39 is 6.10 Å². The zero-order valence-corrected chi connectivity index (χ0v) is 14.6. The Hall–Kier alpha value is -1.01. The summed E-state index contributed by atoms with van der Waals surface area (Å²) in [5, 5.41) is 13.1. The fourth-order valence-electron chi connectivity index (χ4n) is 1.81. The molecule has 5 heteroatoms.